The van der Waals surface area contributed by atoms with Crippen LogP contribution in [0.1, 0.15) is 121 Å². The number of carboxylic acids is 1. The van der Waals surface area contributed by atoms with Crippen LogP contribution in [-0.4, -0.2) is 16.2 Å². The van der Waals surface area contributed by atoms with Crippen molar-refractivity contribution < 1.29 is 15.0 Å². The SMILES string of the molecule is CC(C)(C)c1cc(C(=O)O)cc(C(C)(C)C)c1O.Cc1cc(C(C)(C)C)cc(C(C)(C)C)c1. The molecule has 2 aromatic carbocycles. The van der Waals surface area contributed by atoms with Crippen molar-refractivity contribution in [1.82, 2.24) is 0 Å². The highest BCUT2D eigenvalue weighted by molar-refractivity contribution is 5.88. The molecule has 2 N–H and O–H groups in total. The molecule has 184 valence electrons. The summed E-state index contributed by atoms with van der Waals surface area (Å²) < 4.78 is 0. The van der Waals surface area contributed by atoms with Crippen LogP contribution in [-0.2, 0) is 21.7 Å². The fourth-order valence-electron chi connectivity index (χ4n) is 3.55. The molecule has 0 aliphatic rings. The standard InChI is InChI=1S/C15H22O3.C15H24/c1-14(2,3)10-7-9(13(17)18)8-11(12(10)16)15(4,5)6;1-11-8-12(14(2,3)4)10-13(9-11)15(5,6)7/h7-8,16H,1-6H3,(H,17,18);8-10H,1-7H3. The van der Waals surface area contributed by atoms with Gasteiger partial charge in [0.05, 0.1) is 5.56 Å². The van der Waals surface area contributed by atoms with Crippen molar-refractivity contribution in [2.75, 3.05) is 0 Å². The van der Waals surface area contributed by atoms with E-state index in [0.29, 0.717) is 11.1 Å². The molecule has 0 heterocycles. The summed E-state index contributed by atoms with van der Waals surface area (Å²) in [6.45, 7) is 27.6. The smallest absolute Gasteiger partial charge is 0.335 e. The zero-order chi connectivity index (χ0) is 26.2. The molecule has 0 aliphatic carbocycles. The molecule has 2 aromatic rings. The number of aromatic carboxylic acids is 1. The minimum Gasteiger partial charge on any atom is -0.507 e. The number of benzene rings is 2. The van der Waals surface area contributed by atoms with Gasteiger partial charge < -0.3 is 10.2 Å². The third kappa shape index (κ3) is 7.91. The third-order valence-electron chi connectivity index (χ3n) is 5.78. The Hall–Kier alpha value is -2.29. The first-order valence-corrected chi connectivity index (χ1v) is 11.8. The fourth-order valence-corrected chi connectivity index (χ4v) is 3.55. The Morgan fingerprint density at radius 3 is 1.18 bits per heavy atom. The van der Waals surface area contributed by atoms with Crippen LogP contribution >= 0.6 is 0 Å². The first-order chi connectivity index (χ1) is 14.5. The predicted molar refractivity (Wildman–Crippen MR) is 141 cm³/mol. The van der Waals surface area contributed by atoms with Gasteiger partial charge >= 0.3 is 5.97 Å². The van der Waals surface area contributed by atoms with Gasteiger partial charge in [0.2, 0.25) is 0 Å². The molecule has 0 aliphatic heterocycles. The van der Waals surface area contributed by atoms with Crippen LogP contribution in [0.5, 0.6) is 5.75 Å². The van der Waals surface area contributed by atoms with E-state index in [1.165, 1.54) is 16.7 Å². The van der Waals surface area contributed by atoms with Gasteiger partial charge in [-0.2, -0.15) is 0 Å². The first-order valence-electron chi connectivity index (χ1n) is 11.8. The number of hydrogen-bond acceptors (Lipinski definition) is 2. The second-order valence-electron chi connectivity index (χ2n) is 13.3. The summed E-state index contributed by atoms with van der Waals surface area (Å²) in [5.41, 5.74) is 5.71. The lowest BCUT2D eigenvalue weighted by Crippen LogP contribution is -2.18. The highest BCUT2D eigenvalue weighted by Crippen LogP contribution is 2.39. The van der Waals surface area contributed by atoms with Gasteiger partial charge in [-0.1, -0.05) is 107 Å². The summed E-state index contributed by atoms with van der Waals surface area (Å²) in [4.78, 5) is 11.2. The van der Waals surface area contributed by atoms with Crippen LogP contribution in [0.3, 0.4) is 0 Å². The Bertz CT molecular complexity index is 918. The quantitative estimate of drug-likeness (QED) is 0.456. The number of rotatable bonds is 1. The van der Waals surface area contributed by atoms with Gasteiger partial charge in [-0.15, -0.1) is 0 Å². The summed E-state index contributed by atoms with van der Waals surface area (Å²) in [5, 5.41) is 19.5. The Balaban J connectivity index is 0.000000335. The van der Waals surface area contributed by atoms with Crippen molar-refractivity contribution in [2.24, 2.45) is 0 Å². The van der Waals surface area contributed by atoms with Crippen LogP contribution in [0.15, 0.2) is 30.3 Å². The fraction of sp³-hybridized carbons (Fsp3) is 0.567. The summed E-state index contributed by atoms with van der Waals surface area (Å²) in [5.74, 6) is -0.758. The van der Waals surface area contributed by atoms with Gasteiger partial charge in [0, 0.05) is 11.1 Å². The third-order valence-corrected chi connectivity index (χ3v) is 5.78. The van der Waals surface area contributed by atoms with E-state index in [0.717, 1.165) is 0 Å². The molecule has 0 saturated carbocycles. The number of aromatic hydroxyl groups is 1. The molecule has 0 amide bonds. The van der Waals surface area contributed by atoms with Gasteiger partial charge in [-0.3, -0.25) is 0 Å². The lowest BCUT2D eigenvalue weighted by molar-refractivity contribution is 0.0696. The van der Waals surface area contributed by atoms with E-state index < -0.39 is 5.97 Å². The number of carbonyl (C=O) groups is 1. The largest absolute Gasteiger partial charge is 0.507 e. The molecule has 0 atom stereocenters. The molecule has 33 heavy (non-hydrogen) atoms. The summed E-state index contributed by atoms with van der Waals surface area (Å²) >= 11 is 0. The monoisotopic (exact) mass is 454 g/mol. The van der Waals surface area contributed by atoms with E-state index in [1.807, 2.05) is 41.5 Å². The maximum Gasteiger partial charge on any atom is 0.335 e. The van der Waals surface area contributed by atoms with Crippen molar-refractivity contribution in [3.63, 3.8) is 0 Å². The average Bonchev–Trinajstić information content (AvgIpc) is 2.58. The number of carboxylic acid groups (broad SMARTS) is 1. The van der Waals surface area contributed by atoms with E-state index in [9.17, 15) is 15.0 Å². The number of aryl methyl sites for hydroxylation is 1. The maximum absolute atomic E-state index is 11.2. The molecular formula is C30H46O3. The molecule has 0 bridgehead atoms. The lowest BCUT2D eigenvalue weighted by atomic mass is 9.78. The van der Waals surface area contributed by atoms with Crippen molar-refractivity contribution in [3.05, 3.63) is 63.7 Å². The molecule has 0 unspecified atom stereocenters. The second kappa shape index (κ2) is 9.52. The number of phenols is 1. The van der Waals surface area contributed by atoms with E-state index >= 15 is 0 Å². The summed E-state index contributed by atoms with van der Waals surface area (Å²) in [6, 6.07) is 10.1. The Kier molecular flexibility index (Phi) is 8.29. The van der Waals surface area contributed by atoms with Gasteiger partial charge in [0.25, 0.3) is 0 Å². The second-order valence-corrected chi connectivity index (χ2v) is 13.3. The first kappa shape index (κ1) is 28.7. The van der Waals surface area contributed by atoms with E-state index in [4.69, 9.17) is 0 Å². The van der Waals surface area contributed by atoms with Crippen LogP contribution in [0.25, 0.3) is 0 Å². The normalized spacial score (nSPS) is 12.8. The Morgan fingerprint density at radius 1 is 0.606 bits per heavy atom. The number of phenolic OH excluding ortho intramolecular Hbond substituents is 1. The summed E-state index contributed by atoms with van der Waals surface area (Å²) in [6.07, 6.45) is 0. The van der Waals surface area contributed by atoms with E-state index in [2.05, 4.69) is 66.7 Å². The molecule has 0 spiro atoms. The molecule has 0 radical (unpaired) electrons. The Labute approximate surface area is 202 Å². The molecule has 2 rings (SSSR count). The van der Waals surface area contributed by atoms with Gasteiger partial charge in [0.15, 0.2) is 0 Å². The van der Waals surface area contributed by atoms with Crippen molar-refractivity contribution in [2.45, 2.75) is 112 Å². The average molecular weight is 455 g/mol. The van der Waals surface area contributed by atoms with Gasteiger partial charge in [-0.25, -0.2) is 4.79 Å². The molecule has 3 heteroatoms. The number of hydrogen-bond donors (Lipinski definition) is 2. The van der Waals surface area contributed by atoms with Crippen molar-refractivity contribution in [3.8, 4) is 5.75 Å². The van der Waals surface area contributed by atoms with Crippen LogP contribution < -0.4 is 0 Å². The zero-order valence-corrected chi connectivity index (χ0v) is 23.2. The van der Waals surface area contributed by atoms with Crippen LogP contribution in [0.2, 0.25) is 0 Å². The molecule has 0 aromatic heterocycles. The van der Waals surface area contributed by atoms with Crippen LogP contribution in [0.4, 0.5) is 0 Å². The lowest BCUT2D eigenvalue weighted by Gasteiger charge is -2.27. The summed E-state index contributed by atoms with van der Waals surface area (Å²) in [7, 11) is 0. The highest BCUT2D eigenvalue weighted by atomic mass is 16.4. The predicted octanol–water partition coefficient (Wildman–Crippen LogP) is 8.28. The van der Waals surface area contributed by atoms with Crippen LogP contribution in [0, 0.1) is 6.92 Å². The van der Waals surface area contributed by atoms with E-state index in [1.54, 1.807) is 12.1 Å². The minimum absolute atomic E-state index is 0.208. The highest BCUT2D eigenvalue weighted by Gasteiger charge is 2.27. The maximum atomic E-state index is 11.2. The molecular weight excluding hydrogens is 408 g/mol. The zero-order valence-electron chi connectivity index (χ0n) is 23.2. The molecule has 3 nitrogen and oxygen atoms in total. The minimum atomic E-state index is -0.967. The van der Waals surface area contributed by atoms with E-state index in [-0.39, 0.29) is 33.0 Å². The topological polar surface area (TPSA) is 57.5 Å². The molecule has 0 fully saturated rings. The van der Waals surface area contributed by atoms with Gasteiger partial charge in [-0.05, 0) is 51.8 Å². The van der Waals surface area contributed by atoms with Gasteiger partial charge in [0.1, 0.15) is 5.75 Å². The Morgan fingerprint density at radius 2 is 0.939 bits per heavy atom. The van der Waals surface area contributed by atoms with Crippen molar-refractivity contribution >= 4 is 5.97 Å². The molecule has 0 saturated heterocycles. The van der Waals surface area contributed by atoms with Crippen molar-refractivity contribution in [1.29, 1.82) is 0 Å².